The average Bonchev–Trinajstić information content (AvgIpc) is 2.49. The van der Waals surface area contributed by atoms with E-state index >= 15 is 0 Å². The summed E-state index contributed by atoms with van der Waals surface area (Å²) in [6.45, 7) is 4.21. The molecule has 0 saturated carbocycles. The van der Waals surface area contributed by atoms with Gasteiger partial charge in [0.2, 0.25) is 5.88 Å². The van der Waals surface area contributed by atoms with Crippen LogP contribution in [0.1, 0.15) is 37.3 Å². The second kappa shape index (κ2) is 6.73. The quantitative estimate of drug-likeness (QED) is 0.880. The molecule has 4 heteroatoms. The van der Waals surface area contributed by atoms with Crippen LogP contribution < -0.4 is 4.74 Å². The first-order valence-corrected chi connectivity index (χ1v) is 7.05. The molecule has 2 aromatic rings. The molecular weight excluding hydrogens is 274 g/mol. The van der Waals surface area contributed by atoms with Crippen LogP contribution in [0, 0.1) is 0 Å². The van der Waals surface area contributed by atoms with Crippen molar-refractivity contribution >= 4 is 11.6 Å². The molecule has 0 fully saturated rings. The Morgan fingerprint density at radius 2 is 2.10 bits per heavy atom. The van der Waals surface area contributed by atoms with Crippen molar-refractivity contribution < 1.29 is 9.84 Å². The van der Waals surface area contributed by atoms with Crippen molar-refractivity contribution in [1.29, 1.82) is 0 Å². The van der Waals surface area contributed by atoms with E-state index in [0.717, 1.165) is 17.7 Å². The molecule has 0 aliphatic carbocycles. The van der Waals surface area contributed by atoms with E-state index in [1.54, 1.807) is 12.3 Å². The molecule has 0 aliphatic heterocycles. The van der Waals surface area contributed by atoms with E-state index < -0.39 is 0 Å². The van der Waals surface area contributed by atoms with Gasteiger partial charge in [-0.3, -0.25) is 0 Å². The molecule has 1 unspecified atom stereocenters. The summed E-state index contributed by atoms with van der Waals surface area (Å²) in [4.78, 5) is 4.16. The van der Waals surface area contributed by atoms with Crippen molar-refractivity contribution in [1.82, 2.24) is 4.98 Å². The molecule has 1 N–H and O–H groups in total. The van der Waals surface area contributed by atoms with Crippen molar-refractivity contribution in [3.05, 3.63) is 52.7 Å². The SMILES string of the molecule is CCC(C)c1ccccc1Oc1ncc(CO)cc1Cl. The molecule has 0 saturated heterocycles. The standard InChI is InChI=1S/C16H18ClNO2/c1-3-11(2)13-6-4-5-7-15(13)20-16-14(17)8-12(10-19)9-18-16/h4-9,11,19H,3,10H2,1-2H3. The first kappa shape index (κ1) is 14.8. The van der Waals surface area contributed by atoms with Crippen molar-refractivity contribution in [2.75, 3.05) is 0 Å². The van der Waals surface area contributed by atoms with Gasteiger partial charge >= 0.3 is 0 Å². The van der Waals surface area contributed by atoms with Gasteiger partial charge in [-0.05, 0) is 35.6 Å². The number of hydrogen-bond donors (Lipinski definition) is 1. The number of rotatable bonds is 5. The largest absolute Gasteiger partial charge is 0.437 e. The molecule has 1 heterocycles. The van der Waals surface area contributed by atoms with Crippen LogP contribution in [0.15, 0.2) is 36.5 Å². The molecule has 0 radical (unpaired) electrons. The lowest BCUT2D eigenvalue weighted by Crippen LogP contribution is -1.98. The monoisotopic (exact) mass is 291 g/mol. The van der Waals surface area contributed by atoms with Crippen LogP contribution in [0.4, 0.5) is 0 Å². The molecule has 0 aliphatic rings. The van der Waals surface area contributed by atoms with Crippen LogP contribution in [0.25, 0.3) is 0 Å². The molecule has 106 valence electrons. The Balaban J connectivity index is 2.30. The Morgan fingerprint density at radius 1 is 1.35 bits per heavy atom. The second-order valence-corrected chi connectivity index (χ2v) is 5.15. The number of benzene rings is 1. The highest BCUT2D eigenvalue weighted by Crippen LogP contribution is 2.34. The van der Waals surface area contributed by atoms with Gasteiger partial charge in [0.15, 0.2) is 0 Å². The highest BCUT2D eigenvalue weighted by molar-refractivity contribution is 6.31. The molecule has 1 aromatic heterocycles. The predicted molar refractivity (Wildman–Crippen MR) is 80.4 cm³/mol. The predicted octanol–water partition coefficient (Wildman–Crippen LogP) is 4.53. The Labute approximate surface area is 124 Å². The smallest absolute Gasteiger partial charge is 0.238 e. The Morgan fingerprint density at radius 3 is 2.75 bits per heavy atom. The highest BCUT2D eigenvalue weighted by Gasteiger charge is 2.12. The summed E-state index contributed by atoms with van der Waals surface area (Å²) in [5.74, 6) is 1.54. The zero-order chi connectivity index (χ0) is 14.5. The Bertz CT molecular complexity index is 586. The van der Waals surface area contributed by atoms with E-state index in [2.05, 4.69) is 24.9 Å². The fourth-order valence-corrected chi connectivity index (χ4v) is 2.16. The number of ether oxygens (including phenoxy) is 1. The van der Waals surface area contributed by atoms with E-state index in [1.807, 2.05) is 18.2 Å². The van der Waals surface area contributed by atoms with E-state index in [1.165, 1.54) is 0 Å². The molecule has 1 atom stereocenters. The molecule has 1 aromatic carbocycles. The lowest BCUT2D eigenvalue weighted by Gasteiger charge is -2.15. The number of halogens is 1. The van der Waals surface area contributed by atoms with Crippen molar-refractivity contribution in [3.8, 4) is 11.6 Å². The zero-order valence-corrected chi connectivity index (χ0v) is 12.4. The minimum absolute atomic E-state index is 0.0868. The van der Waals surface area contributed by atoms with Gasteiger partial charge in [-0.1, -0.05) is 43.6 Å². The summed E-state index contributed by atoms with van der Waals surface area (Å²) in [6.07, 6.45) is 2.60. The molecule has 3 nitrogen and oxygen atoms in total. The maximum atomic E-state index is 9.05. The van der Waals surface area contributed by atoms with Gasteiger partial charge in [0.05, 0.1) is 6.61 Å². The van der Waals surface area contributed by atoms with Gasteiger partial charge < -0.3 is 9.84 Å². The highest BCUT2D eigenvalue weighted by atomic mass is 35.5. The minimum Gasteiger partial charge on any atom is -0.437 e. The Kier molecular flexibility index (Phi) is 4.99. The van der Waals surface area contributed by atoms with E-state index in [4.69, 9.17) is 21.4 Å². The van der Waals surface area contributed by atoms with Crippen LogP contribution in [-0.4, -0.2) is 10.1 Å². The zero-order valence-electron chi connectivity index (χ0n) is 11.6. The van der Waals surface area contributed by atoms with Gasteiger partial charge in [0, 0.05) is 6.20 Å². The van der Waals surface area contributed by atoms with Crippen LogP contribution in [-0.2, 0) is 6.61 Å². The van der Waals surface area contributed by atoms with E-state index in [0.29, 0.717) is 22.4 Å². The second-order valence-electron chi connectivity index (χ2n) is 4.74. The van der Waals surface area contributed by atoms with E-state index in [9.17, 15) is 0 Å². The maximum Gasteiger partial charge on any atom is 0.238 e. The van der Waals surface area contributed by atoms with E-state index in [-0.39, 0.29) is 6.61 Å². The number of pyridine rings is 1. The van der Waals surface area contributed by atoms with Crippen LogP contribution >= 0.6 is 11.6 Å². The van der Waals surface area contributed by atoms with Crippen molar-refractivity contribution in [2.45, 2.75) is 32.8 Å². The van der Waals surface area contributed by atoms with Crippen molar-refractivity contribution in [2.24, 2.45) is 0 Å². The van der Waals surface area contributed by atoms with Crippen molar-refractivity contribution in [3.63, 3.8) is 0 Å². The first-order valence-electron chi connectivity index (χ1n) is 6.67. The average molecular weight is 292 g/mol. The summed E-state index contributed by atoms with van der Waals surface area (Å²) in [5, 5.41) is 9.45. The normalized spacial score (nSPS) is 12.2. The number of nitrogens with zero attached hydrogens (tertiary/aromatic N) is 1. The molecule has 0 spiro atoms. The maximum absolute atomic E-state index is 9.05. The number of aliphatic hydroxyl groups is 1. The fraction of sp³-hybridized carbons (Fsp3) is 0.312. The minimum atomic E-state index is -0.0868. The lowest BCUT2D eigenvalue weighted by molar-refractivity contribution is 0.281. The summed E-state index contributed by atoms with van der Waals surface area (Å²) in [7, 11) is 0. The van der Waals surface area contributed by atoms with Crippen LogP contribution in [0.2, 0.25) is 5.02 Å². The molecule has 0 bridgehead atoms. The lowest BCUT2D eigenvalue weighted by atomic mass is 9.98. The van der Waals surface area contributed by atoms with Gasteiger partial charge in [-0.2, -0.15) is 0 Å². The summed E-state index contributed by atoms with van der Waals surface area (Å²) >= 11 is 6.13. The van der Waals surface area contributed by atoms with Gasteiger partial charge in [-0.25, -0.2) is 4.98 Å². The van der Waals surface area contributed by atoms with Crippen LogP contribution in [0.5, 0.6) is 11.6 Å². The fourth-order valence-electron chi connectivity index (χ4n) is 1.93. The third-order valence-electron chi connectivity index (χ3n) is 3.32. The summed E-state index contributed by atoms with van der Waals surface area (Å²) < 4.78 is 5.84. The molecule has 0 amide bonds. The third-order valence-corrected chi connectivity index (χ3v) is 3.59. The van der Waals surface area contributed by atoms with Crippen LogP contribution in [0.3, 0.4) is 0 Å². The summed E-state index contributed by atoms with van der Waals surface area (Å²) in [6, 6.07) is 9.56. The number of aromatic nitrogens is 1. The van der Waals surface area contributed by atoms with Gasteiger partial charge in [0.25, 0.3) is 0 Å². The third kappa shape index (κ3) is 3.30. The number of para-hydroxylation sites is 1. The molecule has 20 heavy (non-hydrogen) atoms. The topological polar surface area (TPSA) is 42.4 Å². The molecule has 2 rings (SSSR count). The number of hydrogen-bond acceptors (Lipinski definition) is 3. The first-order chi connectivity index (χ1) is 9.65. The molecular formula is C16H18ClNO2. The summed E-state index contributed by atoms with van der Waals surface area (Å²) in [5.41, 5.74) is 1.80. The Hall–Kier alpha value is -1.58. The van der Waals surface area contributed by atoms with Gasteiger partial charge in [0.1, 0.15) is 10.8 Å². The number of aliphatic hydroxyl groups excluding tert-OH is 1. The van der Waals surface area contributed by atoms with Gasteiger partial charge in [-0.15, -0.1) is 0 Å².